The molecule has 0 bridgehead atoms. The summed E-state index contributed by atoms with van der Waals surface area (Å²) in [6, 6.07) is 19.4. The van der Waals surface area contributed by atoms with Gasteiger partial charge in [-0.05, 0) is 54.8 Å². The molecule has 3 aromatic rings. The first-order chi connectivity index (χ1) is 16.9. The highest BCUT2D eigenvalue weighted by atomic mass is 16.7. The number of aliphatic carboxylic acids is 1. The number of ether oxygens (including phenoxy) is 2. The average Bonchev–Trinajstić information content (AvgIpc) is 3.32. The first-order valence-corrected chi connectivity index (χ1v) is 10.9. The second kappa shape index (κ2) is 10.6. The first-order valence-electron chi connectivity index (χ1n) is 10.9. The smallest absolute Gasteiger partial charge is 0.268 e. The normalized spacial score (nSPS) is 13.1. The van der Waals surface area contributed by atoms with Gasteiger partial charge in [0.1, 0.15) is 5.70 Å². The standard InChI is InChI=1S/C27H24N2O6/c1-17-7-10-20(11-8-17)25(30)28-21(14-19-9-12-23-24(15-19)35-16-34-23)26(31)29-22(27(32)33)13-18-5-3-2-4-6-18/h2-12,14-15,22H,13,16H2,1H3,(H,28,30)(H,29,31)(H,32,33)/p-1/b21-14+/t22-/m0/s1. The second-order valence-corrected chi connectivity index (χ2v) is 8.03. The summed E-state index contributed by atoms with van der Waals surface area (Å²) in [5.74, 6) is -1.65. The molecule has 178 valence electrons. The Hall–Kier alpha value is -4.59. The third-order valence-electron chi connectivity index (χ3n) is 5.39. The summed E-state index contributed by atoms with van der Waals surface area (Å²) in [6.45, 7) is 1.99. The van der Waals surface area contributed by atoms with Crippen molar-refractivity contribution in [1.29, 1.82) is 0 Å². The Bertz CT molecular complexity index is 1270. The van der Waals surface area contributed by atoms with Crippen molar-refractivity contribution in [2.45, 2.75) is 19.4 Å². The lowest BCUT2D eigenvalue weighted by Crippen LogP contribution is -2.50. The summed E-state index contributed by atoms with van der Waals surface area (Å²) in [5.41, 5.74) is 2.46. The Morgan fingerprint density at radius 3 is 2.40 bits per heavy atom. The molecule has 0 fully saturated rings. The van der Waals surface area contributed by atoms with Crippen LogP contribution in [-0.4, -0.2) is 30.6 Å². The van der Waals surface area contributed by atoms with Crippen LogP contribution in [0.5, 0.6) is 11.5 Å². The SMILES string of the molecule is Cc1ccc(C(=O)N/C(=C/c2ccc3c(c2)OCO3)C(=O)N[C@@H](Cc2ccccc2)C(=O)[O-])cc1. The van der Waals surface area contributed by atoms with Gasteiger partial charge in [0.2, 0.25) is 6.79 Å². The van der Waals surface area contributed by atoms with Gasteiger partial charge in [0.15, 0.2) is 11.5 Å². The molecule has 0 spiro atoms. The predicted molar refractivity (Wildman–Crippen MR) is 126 cm³/mol. The maximum Gasteiger partial charge on any atom is 0.268 e. The fraction of sp³-hybridized carbons (Fsp3) is 0.148. The molecular weight excluding hydrogens is 448 g/mol. The monoisotopic (exact) mass is 471 g/mol. The molecule has 0 aliphatic carbocycles. The lowest BCUT2D eigenvalue weighted by Gasteiger charge is -2.21. The van der Waals surface area contributed by atoms with E-state index in [0.717, 1.165) is 5.56 Å². The van der Waals surface area contributed by atoms with Crippen molar-refractivity contribution in [3.05, 3.63) is 101 Å². The molecule has 0 saturated carbocycles. The van der Waals surface area contributed by atoms with E-state index in [9.17, 15) is 19.5 Å². The fourth-order valence-electron chi connectivity index (χ4n) is 3.51. The third kappa shape index (κ3) is 6.05. The van der Waals surface area contributed by atoms with Gasteiger partial charge in [-0.1, -0.05) is 54.1 Å². The summed E-state index contributed by atoms with van der Waals surface area (Å²) in [4.78, 5) is 37.8. The lowest BCUT2D eigenvalue weighted by atomic mass is 10.1. The molecule has 0 aromatic heterocycles. The topological polar surface area (TPSA) is 117 Å². The van der Waals surface area contributed by atoms with Crippen LogP contribution in [0.1, 0.15) is 27.0 Å². The first kappa shape index (κ1) is 23.6. The van der Waals surface area contributed by atoms with Crippen LogP contribution in [0.3, 0.4) is 0 Å². The Morgan fingerprint density at radius 2 is 1.69 bits per heavy atom. The van der Waals surface area contributed by atoms with Crippen molar-refractivity contribution in [1.82, 2.24) is 10.6 Å². The number of hydrogen-bond acceptors (Lipinski definition) is 6. The van der Waals surface area contributed by atoms with Crippen LogP contribution in [0.25, 0.3) is 6.08 Å². The van der Waals surface area contributed by atoms with Gasteiger partial charge in [-0.3, -0.25) is 9.59 Å². The van der Waals surface area contributed by atoms with Crippen LogP contribution in [0.4, 0.5) is 0 Å². The molecule has 4 rings (SSSR count). The molecular formula is C27H23N2O6-. The summed E-state index contributed by atoms with van der Waals surface area (Å²) in [6.07, 6.45) is 1.47. The molecule has 0 saturated heterocycles. The van der Waals surface area contributed by atoms with E-state index < -0.39 is 23.8 Å². The summed E-state index contributed by atoms with van der Waals surface area (Å²) in [7, 11) is 0. The number of amides is 2. The van der Waals surface area contributed by atoms with Gasteiger partial charge in [-0.2, -0.15) is 0 Å². The van der Waals surface area contributed by atoms with E-state index in [1.807, 2.05) is 13.0 Å². The molecule has 1 heterocycles. The Kier molecular flexibility index (Phi) is 7.11. The van der Waals surface area contributed by atoms with Gasteiger partial charge >= 0.3 is 0 Å². The Morgan fingerprint density at radius 1 is 0.971 bits per heavy atom. The van der Waals surface area contributed by atoms with Crippen LogP contribution in [0, 0.1) is 6.92 Å². The molecule has 0 radical (unpaired) electrons. The summed E-state index contributed by atoms with van der Waals surface area (Å²) in [5, 5.41) is 16.8. The molecule has 2 N–H and O–H groups in total. The molecule has 1 aliphatic rings. The van der Waals surface area contributed by atoms with Crippen molar-refractivity contribution in [3.63, 3.8) is 0 Å². The minimum atomic E-state index is -1.44. The zero-order valence-electron chi connectivity index (χ0n) is 18.9. The van der Waals surface area contributed by atoms with Crippen LogP contribution >= 0.6 is 0 Å². The zero-order valence-corrected chi connectivity index (χ0v) is 18.9. The average molecular weight is 471 g/mol. The van der Waals surface area contributed by atoms with Gasteiger partial charge in [0, 0.05) is 5.56 Å². The van der Waals surface area contributed by atoms with Crippen molar-refractivity contribution < 1.29 is 29.0 Å². The number of carboxylic acid groups (broad SMARTS) is 1. The van der Waals surface area contributed by atoms with Crippen molar-refractivity contribution in [2.75, 3.05) is 6.79 Å². The molecule has 1 atom stereocenters. The highest BCUT2D eigenvalue weighted by Crippen LogP contribution is 2.33. The van der Waals surface area contributed by atoms with E-state index in [-0.39, 0.29) is 18.9 Å². The zero-order chi connectivity index (χ0) is 24.8. The van der Waals surface area contributed by atoms with Gasteiger partial charge in [0.05, 0.1) is 12.0 Å². The molecule has 35 heavy (non-hydrogen) atoms. The molecule has 1 aliphatic heterocycles. The fourth-order valence-corrected chi connectivity index (χ4v) is 3.51. The maximum absolute atomic E-state index is 13.2. The molecule has 8 heteroatoms. The highest BCUT2D eigenvalue weighted by molar-refractivity contribution is 6.06. The number of carbonyl (C=O) groups excluding carboxylic acids is 3. The quantitative estimate of drug-likeness (QED) is 0.485. The number of nitrogens with one attached hydrogen (secondary N) is 2. The van der Waals surface area contributed by atoms with Crippen molar-refractivity contribution in [2.24, 2.45) is 0 Å². The number of hydrogen-bond donors (Lipinski definition) is 2. The van der Waals surface area contributed by atoms with E-state index in [0.29, 0.717) is 28.2 Å². The number of aryl methyl sites for hydroxylation is 1. The van der Waals surface area contributed by atoms with Crippen LogP contribution < -0.4 is 25.2 Å². The van der Waals surface area contributed by atoms with E-state index in [1.165, 1.54) is 6.08 Å². The Labute approximate surface area is 202 Å². The van der Waals surface area contributed by atoms with E-state index in [2.05, 4.69) is 10.6 Å². The summed E-state index contributed by atoms with van der Waals surface area (Å²) < 4.78 is 10.7. The van der Waals surface area contributed by atoms with Crippen molar-refractivity contribution in [3.8, 4) is 11.5 Å². The number of rotatable bonds is 8. The van der Waals surface area contributed by atoms with Crippen LogP contribution in [-0.2, 0) is 16.0 Å². The molecule has 3 aromatic carbocycles. The van der Waals surface area contributed by atoms with Gasteiger partial charge in [-0.15, -0.1) is 0 Å². The minimum Gasteiger partial charge on any atom is -0.548 e. The van der Waals surface area contributed by atoms with Gasteiger partial charge in [-0.25, -0.2) is 0 Å². The van der Waals surface area contributed by atoms with Crippen LogP contribution in [0.15, 0.2) is 78.5 Å². The lowest BCUT2D eigenvalue weighted by molar-refractivity contribution is -0.308. The second-order valence-electron chi connectivity index (χ2n) is 8.03. The number of benzene rings is 3. The summed E-state index contributed by atoms with van der Waals surface area (Å²) >= 11 is 0. The minimum absolute atomic E-state index is 0.0259. The van der Waals surface area contributed by atoms with E-state index in [4.69, 9.17) is 9.47 Å². The largest absolute Gasteiger partial charge is 0.548 e. The van der Waals surface area contributed by atoms with Crippen LogP contribution in [0.2, 0.25) is 0 Å². The van der Waals surface area contributed by atoms with Gasteiger partial charge < -0.3 is 30.0 Å². The molecule has 2 amide bonds. The van der Waals surface area contributed by atoms with Gasteiger partial charge in [0.25, 0.3) is 11.8 Å². The highest BCUT2D eigenvalue weighted by Gasteiger charge is 2.21. The van der Waals surface area contributed by atoms with E-state index >= 15 is 0 Å². The third-order valence-corrected chi connectivity index (χ3v) is 5.39. The Balaban J connectivity index is 1.60. The number of fused-ring (bicyclic) bond motifs is 1. The molecule has 8 nitrogen and oxygen atoms in total. The molecule has 0 unspecified atom stereocenters. The predicted octanol–water partition coefficient (Wildman–Crippen LogP) is 1.97. The van der Waals surface area contributed by atoms with E-state index in [1.54, 1.807) is 66.7 Å². The maximum atomic E-state index is 13.2. The number of carbonyl (C=O) groups is 3. The van der Waals surface area contributed by atoms with Crippen molar-refractivity contribution >= 4 is 23.9 Å². The number of carboxylic acids is 1.